The molecule has 0 fully saturated rings. The fourth-order valence-electron chi connectivity index (χ4n) is 3.56. The van der Waals surface area contributed by atoms with Crippen LogP contribution in [0.15, 0.2) is 85.0 Å². The van der Waals surface area contributed by atoms with Crippen LogP contribution < -0.4 is 9.47 Å². The molecule has 0 spiro atoms. The van der Waals surface area contributed by atoms with Crippen molar-refractivity contribution >= 4 is 11.4 Å². The van der Waals surface area contributed by atoms with Gasteiger partial charge < -0.3 is 19.7 Å². The van der Waals surface area contributed by atoms with Crippen LogP contribution in [0, 0.1) is 23.7 Å². The zero-order valence-corrected chi connectivity index (χ0v) is 19.2. The average molecular weight is 463 g/mol. The third kappa shape index (κ3) is 5.45. The number of aliphatic hydroxyl groups is 1. The van der Waals surface area contributed by atoms with Gasteiger partial charge in [-0.15, -0.1) is 0 Å². The Balaban J connectivity index is 1.57. The summed E-state index contributed by atoms with van der Waals surface area (Å²) in [7, 11) is 3.16. The van der Waals surface area contributed by atoms with Gasteiger partial charge in [0.25, 0.3) is 0 Å². The Bertz CT molecular complexity index is 1440. The monoisotopic (exact) mass is 462 g/mol. The predicted molar refractivity (Wildman–Crippen MR) is 135 cm³/mol. The third-order valence-corrected chi connectivity index (χ3v) is 5.45. The molecule has 5 nitrogen and oxygen atoms in total. The number of ketones is 1. The molecular weight excluding hydrogens is 440 g/mol. The lowest BCUT2D eigenvalue weighted by Gasteiger charge is -2.19. The SMILES string of the molecule is COc1ccc(C2=CC(O)(C#CC#Cc3ccc(O)c(-c4ccc(OC)cc4)c3)C=CC2=O)cc1. The fraction of sp³-hybridized carbons (Fsp3) is 0.100. The van der Waals surface area contributed by atoms with Gasteiger partial charge in [-0.25, -0.2) is 0 Å². The Kier molecular flexibility index (Phi) is 6.73. The summed E-state index contributed by atoms with van der Waals surface area (Å²) in [6, 6.07) is 19.4. The first-order chi connectivity index (χ1) is 16.9. The summed E-state index contributed by atoms with van der Waals surface area (Å²) in [5.41, 5.74) is 1.48. The second kappa shape index (κ2) is 10.1. The smallest absolute Gasteiger partial charge is 0.186 e. The van der Waals surface area contributed by atoms with Crippen LogP contribution in [-0.2, 0) is 4.79 Å². The molecule has 5 heteroatoms. The molecule has 0 aliphatic heterocycles. The van der Waals surface area contributed by atoms with E-state index < -0.39 is 5.60 Å². The molecule has 1 aliphatic carbocycles. The van der Waals surface area contributed by atoms with Gasteiger partial charge in [0.15, 0.2) is 11.4 Å². The third-order valence-electron chi connectivity index (χ3n) is 5.45. The van der Waals surface area contributed by atoms with Crippen molar-refractivity contribution in [3.63, 3.8) is 0 Å². The topological polar surface area (TPSA) is 76.0 Å². The first-order valence-corrected chi connectivity index (χ1v) is 10.7. The molecule has 172 valence electrons. The zero-order valence-electron chi connectivity index (χ0n) is 19.2. The standard InChI is InChI=1S/C30H22O5/c1-34-24-11-7-22(8-12-24)26-19-21(6-15-28(26)31)5-3-4-17-30(33)18-16-29(32)27(20-30)23-9-13-25(35-2)14-10-23/h6-16,18-20,31,33H,1-2H3. The van der Waals surface area contributed by atoms with Gasteiger partial charge in [-0.2, -0.15) is 0 Å². The first kappa shape index (κ1) is 23.4. The van der Waals surface area contributed by atoms with Crippen molar-refractivity contribution in [1.82, 2.24) is 0 Å². The summed E-state index contributed by atoms with van der Waals surface area (Å²) in [5.74, 6) is 12.4. The van der Waals surface area contributed by atoms with E-state index in [9.17, 15) is 15.0 Å². The molecule has 0 heterocycles. The number of benzene rings is 3. The van der Waals surface area contributed by atoms with Crippen LogP contribution in [0.5, 0.6) is 17.2 Å². The van der Waals surface area contributed by atoms with Crippen molar-refractivity contribution in [3.8, 4) is 52.1 Å². The number of phenolic OH excluding ortho intramolecular Hbond substituents is 1. The van der Waals surface area contributed by atoms with Crippen molar-refractivity contribution in [3.05, 3.63) is 96.1 Å². The summed E-state index contributed by atoms with van der Waals surface area (Å²) in [6.07, 6.45) is 4.08. The highest BCUT2D eigenvalue weighted by Crippen LogP contribution is 2.31. The Labute approximate surface area is 204 Å². The minimum atomic E-state index is -1.62. The highest BCUT2D eigenvalue weighted by molar-refractivity contribution is 6.27. The summed E-state index contributed by atoms with van der Waals surface area (Å²) in [4.78, 5) is 12.4. The number of allylic oxidation sites excluding steroid dienone is 2. The average Bonchev–Trinajstić information content (AvgIpc) is 2.89. The Hall–Kier alpha value is -4.71. The van der Waals surface area contributed by atoms with Gasteiger partial charge >= 0.3 is 0 Å². The number of hydrogen-bond acceptors (Lipinski definition) is 5. The maximum atomic E-state index is 12.4. The molecule has 1 atom stereocenters. The summed E-state index contributed by atoms with van der Waals surface area (Å²) in [6.45, 7) is 0. The van der Waals surface area contributed by atoms with E-state index in [1.54, 1.807) is 56.7 Å². The number of methoxy groups -OCH3 is 2. The normalized spacial score (nSPS) is 16.3. The van der Waals surface area contributed by atoms with Crippen LogP contribution in [-0.4, -0.2) is 35.8 Å². The molecule has 1 unspecified atom stereocenters. The molecule has 3 aromatic carbocycles. The second-order valence-electron chi connectivity index (χ2n) is 7.77. The summed E-state index contributed by atoms with van der Waals surface area (Å²) >= 11 is 0. The van der Waals surface area contributed by atoms with Crippen LogP contribution in [0.4, 0.5) is 0 Å². The summed E-state index contributed by atoms with van der Waals surface area (Å²) in [5, 5.41) is 21.1. The molecule has 0 aromatic heterocycles. The highest BCUT2D eigenvalue weighted by atomic mass is 16.5. The van der Waals surface area contributed by atoms with Crippen LogP contribution in [0.3, 0.4) is 0 Å². The fourth-order valence-corrected chi connectivity index (χ4v) is 3.56. The van der Waals surface area contributed by atoms with Gasteiger partial charge in [0.05, 0.1) is 14.2 Å². The van der Waals surface area contributed by atoms with E-state index in [1.165, 1.54) is 18.2 Å². The molecule has 2 N–H and O–H groups in total. The number of carbonyl (C=O) groups is 1. The van der Waals surface area contributed by atoms with Crippen LogP contribution >= 0.6 is 0 Å². The van der Waals surface area contributed by atoms with Gasteiger partial charge in [0, 0.05) is 16.7 Å². The molecule has 0 saturated heterocycles. The van der Waals surface area contributed by atoms with Crippen molar-refractivity contribution in [2.24, 2.45) is 0 Å². The van der Waals surface area contributed by atoms with E-state index in [-0.39, 0.29) is 11.5 Å². The number of aromatic hydroxyl groups is 1. The molecule has 0 bridgehead atoms. The molecule has 0 radical (unpaired) electrons. The Morgan fingerprint density at radius 2 is 1.46 bits per heavy atom. The van der Waals surface area contributed by atoms with Crippen LogP contribution in [0.1, 0.15) is 11.1 Å². The first-order valence-electron chi connectivity index (χ1n) is 10.7. The molecule has 35 heavy (non-hydrogen) atoms. The van der Waals surface area contributed by atoms with Gasteiger partial charge in [0.1, 0.15) is 17.2 Å². The predicted octanol–water partition coefficient (Wildman–Crippen LogP) is 4.38. The van der Waals surface area contributed by atoms with E-state index >= 15 is 0 Å². The Morgan fingerprint density at radius 3 is 2.09 bits per heavy atom. The zero-order chi connectivity index (χ0) is 24.8. The van der Waals surface area contributed by atoms with Gasteiger partial charge in [-0.1, -0.05) is 30.2 Å². The largest absolute Gasteiger partial charge is 0.507 e. The molecule has 0 saturated carbocycles. The van der Waals surface area contributed by atoms with Crippen molar-refractivity contribution in [2.45, 2.75) is 5.60 Å². The number of rotatable bonds is 4. The number of phenols is 1. The lowest BCUT2D eigenvalue weighted by Crippen LogP contribution is -2.25. The number of hydrogen-bond donors (Lipinski definition) is 2. The minimum absolute atomic E-state index is 0.134. The molecule has 0 amide bonds. The van der Waals surface area contributed by atoms with E-state index in [4.69, 9.17) is 9.47 Å². The molecular formula is C30H22O5. The number of carbonyl (C=O) groups excluding carboxylic acids is 1. The molecule has 4 rings (SSSR count). The maximum absolute atomic E-state index is 12.4. The van der Waals surface area contributed by atoms with Gasteiger partial charge in [-0.3, -0.25) is 4.79 Å². The molecule has 3 aromatic rings. The quantitative estimate of drug-likeness (QED) is 0.563. The lowest BCUT2D eigenvalue weighted by molar-refractivity contribution is -0.109. The highest BCUT2D eigenvalue weighted by Gasteiger charge is 2.26. The lowest BCUT2D eigenvalue weighted by atomic mass is 9.89. The van der Waals surface area contributed by atoms with Crippen LogP contribution in [0.25, 0.3) is 16.7 Å². The van der Waals surface area contributed by atoms with Crippen molar-refractivity contribution < 1.29 is 24.5 Å². The summed E-state index contributed by atoms with van der Waals surface area (Å²) < 4.78 is 10.3. The van der Waals surface area contributed by atoms with E-state index in [0.717, 1.165) is 11.3 Å². The van der Waals surface area contributed by atoms with E-state index in [2.05, 4.69) is 23.7 Å². The van der Waals surface area contributed by atoms with Gasteiger partial charge in [0.2, 0.25) is 0 Å². The van der Waals surface area contributed by atoms with Crippen molar-refractivity contribution in [2.75, 3.05) is 14.2 Å². The Morgan fingerprint density at radius 1 is 0.829 bits per heavy atom. The molecule has 1 aliphatic rings. The second-order valence-corrected chi connectivity index (χ2v) is 7.77. The minimum Gasteiger partial charge on any atom is -0.507 e. The van der Waals surface area contributed by atoms with Crippen molar-refractivity contribution in [1.29, 1.82) is 0 Å². The van der Waals surface area contributed by atoms with Gasteiger partial charge in [-0.05, 0) is 89.6 Å². The maximum Gasteiger partial charge on any atom is 0.186 e. The van der Waals surface area contributed by atoms with E-state index in [0.29, 0.717) is 28.0 Å². The van der Waals surface area contributed by atoms with E-state index in [1.807, 2.05) is 24.3 Å². The van der Waals surface area contributed by atoms with Crippen LogP contribution in [0.2, 0.25) is 0 Å². The number of ether oxygens (including phenoxy) is 2.